The highest BCUT2D eigenvalue weighted by Crippen LogP contribution is 2.35. The maximum absolute atomic E-state index is 14.6. The number of thiazole rings is 1. The maximum atomic E-state index is 14.6. The van der Waals surface area contributed by atoms with Gasteiger partial charge in [0.25, 0.3) is 10.0 Å². The van der Waals surface area contributed by atoms with E-state index in [9.17, 15) is 26.0 Å². The van der Waals surface area contributed by atoms with Crippen LogP contribution in [0.1, 0.15) is 26.5 Å². The average molecular weight is 541 g/mol. The molecule has 4 aromatic rings. The highest BCUT2D eigenvalue weighted by atomic mass is 32.2. The zero-order valence-electron chi connectivity index (χ0n) is 19.2. The van der Waals surface area contributed by atoms with Gasteiger partial charge in [0.05, 0.1) is 11.2 Å². The van der Waals surface area contributed by atoms with Crippen LogP contribution in [0.4, 0.5) is 22.7 Å². The smallest absolute Gasteiger partial charge is 0.435 e. The van der Waals surface area contributed by atoms with Crippen molar-refractivity contribution < 1.29 is 30.7 Å². The van der Waals surface area contributed by atoms with Crippen LogP contribution in [0.5, 0.6) is 11.5 Å². The van der Waals surface area contributed by atoms with Gasteiger partial charge < -0.3 is 4.74 Å². The van der Waals surface area contributed by atoms with E-state index in [1.807, 2.05) is 0 Å². The fourth-order valence-corrected chi connectivity index (χ4v) is 5.12. The van der Waals surface area contributed by atoms with Crippen LogP contribution in [-0.4, -0.2) is 23.2 Å². The Labute approximate surface area is 208 Å². The van der Waals surface area contributed by atoms with E-state index in [4.69, 9.17) is 4.74 Å². The van der Waals surface area contributed by atoms with E-state index in [2.05, 4.69) is 14.8 Å². The number of anilines is 1. The van der Waals surface area contributed by atoms with Crippen molar-refractivity contribution in [3.63, 3.8) is 0 Å². The number of halogens is 4. The number of aromatic nitrogens is 3. The molecule has 36 heavy (non-hydrogen) atoms. The second-order valence-electron chi connectivity index (χ2n) is 8.66. The number of sulfonamides is 1. The minimum Gasteiger partial charge on any atom is -0.457 e. The molecule has 13 heteroatoms. The third-order valence-electron chi connectivity index (χ3n) is 4.87. The molecule has 2 heterocycles. The molecule has 0 unspecified atom stereocenters. The molecule has 2 aromatic carbocycles. The maximum Gasteiger partial charge on any atom is 0.435 e. The molecule has 0 saturated carbocycles. The molecule has 0 saturated heterocycles. The third kappa shape index (κ3) is 5.51. The predicted octanol–water partition coefficient (Wildman–Crippen LogP) is 6.51. The Morgan fingerprint density at radius 2 is 1.67 bits per heavy atom. The van der Waals surface area contributed by atoms with Crippen molar-refractivity contribution in [2.75, 3.05) is 4.72 Å². The first-order valence-corrected chi connectivity index (χ1v) is 12.8. The molecular weight excluding hydrogens is 520 g/mol. The van der Waals surface area contributed by atoms with Gasteiger partial charge in [0.1, 0.15) is 22.2 Å². The number of alkyl halides is 3. The minimum absolute atomic E-state index is 0.0348. The van der Waals surface area contributed by atoms with Crippen molar-refractivity contribution in [2.45, 2.75) is 37.4 Å². The minimum atomic E-state index is -4.59. The Bertz CT molecular complexity index is 1480. The highest BCUT2D eigenvalue weighted by molar-refractivity contribution is 7.93. The van der Waals surface area contributed by atoms with E-state index >= 15 is 0 Å². The fourth-order valence-electron chi connectivity index (χ4n) is 3.27. The SMILES string of the molecule is CC(C)(C)n1nc(C(F)(F)F)cc1-c1ccc(Oc2ccc(S(=O)(=O)Nc3nccs3)c(F)c2)cc1. The number of ether oxygens (including phenoxy) is 1. The number of hydrogen-bond donors (Lipinski definition) is 1. The average Bonchev–Trinajstić information content (AvgIpc) is 3.43. The summed E-state index contributed by atoms with van der Waals surface area (Å²) >= 11 is 1.05. The molecule has 0 atom stereocenters. The van der Waals surface area contributed by atoms with Gasteiger partial charge in [0.15, 0.2) is 10.8 Å². The zero-order valence-corrected chi connectivity index (χ0v) is 20.8. The standard InChI is InChI=1S/C23H20F4N4O3S2/c1-22(2,3)31-18(13-20(29-31)23(25,26)27)14-4-6-15(7-5-14)34-16-8-9-19(17(24)12-16)36(32,33)30-21-28-10-11-35-21/h4-13H,1-3H3,(H,28,30). The molecule has 0 fully saturated rings. The number of benzene rings is 2. The van der Waals surface area contributed by atoms with E-state index in [1.165, 1.54) is 29.1 Å². The third-order valence-corrected chi connectivity index (χ3v) is 7.06. The van der Waals surface area contributed by atoms with Gasteiger partial charge in [-0.05, 0) is 63.2 Å². The lowest BCUT2D eigenvalue weighted by Crippen LogP contribution is -2.24. The lowest BCUT2D eigenvalue weighted by atomic mass is 10.1. The predicted molar refractivity (Wildman–Crippen MR) is 127 cm³/mol. The molecule has 0 aliphatic heterocycles. The van der Waals surface area contributed by atoms with Gasteiger partial charge in [-0.25, -0.2) is 17.8 Å². The molecular formula is C23H20F4N4O3S2. The van der Waals surface area contributed by atoms with Crippen molar-refractivity contribution in [2.24, 2.45) is 0 Å². The second kappa shape index (κ2) is 9.21. The lowest BCUT2D eigenvalue weighted by Gasteiger charge is -2.22. The molecule has 0 bridgehead atoms. The lowest BCUT2D eigenvalue weighted by molar-refractivity contribution is -0.141. The van der Waals surface area contributed by atoms with Crippen molar-refractivity contribution in [3.8, 4) is 22.8 Å². The van der Waals surface area contributed by atoms with Gasteiger partial charge in [-0.2, -0.15) is 18.3 Å². The molecule has 190 valence electrons. The first-order chi connectivity index (χ1) is 16.7. The molecule has 0 amide bonds. The topological polar surface area (TPSA) is 86.1 Å². The molecule has 2 aromatic heterocycles. The van der Waals surface area contributed by atoms with Crippen LogP contribution in [0.2, 0.25) is 0 Å². The Balaban J connectivity index is 1.56. The van der Waals surface area contributed by atoms with Crippen LogP contribution in [0, 0.1) is 5.82 Å². The van der Waals surface area contributed by atoms with Crippen LogP contribution in [0.25, 0.3) is 11.3 Å². The van der Waals surface area contributed by atoms with Crippen LogP contribution in [-0.2, 0) is 21.7 Å². The quantitative estimate of drug-likeness (QED) is 0.282. The molecule has 4 rings (SSSR count). The van der Waals surface area contributed by atoms with Gasteiger partial charge >= 0.3 is 6.18 Å². The molecule has 0 aliphatic carbocycles. The summed E-state index contributed by atoms with van der Waals surface area (Å²) in [6.07, 6.45) is -3.18. The normalized spacial score (nSPS) is 12.5. The van der Waals surface area contributed by atoms with Crippen molar-refractivity contribution in [3.05, 3.63) is 71.6 Å². The second-order valence-corrected chi connectivity index (χ2v) is 11.2. The Kier molecular flexibility index (Phi) is 6.56. The van der Waals surface area contributed by atoms with Crippen molar-refractivity contribution in [1.29, 1.82) is 0 Å². The van der Waals surface area contributed by atoms with Crippen LogP contribution >= 0.6 is 11.3 Å². The summed E-state index contributed by atoms with van der Waals surface area (Å²) in [7, 11) is -4.19. The van der Waals surface area contributed by atoms with Crippen molar-refractivity contribution in [1.82, 2.24) is 14.8 Å². The highest BCUT2D eigenvalue weighted by Gasteiger charge is 2.36. The first-order valence-electron chi connectivity index (χ1n) is 10.4. The fraction of sp³-hybridized carbons (Fsp3) is 0.217. The number of hydrogen-bond acceptors (Lipinski definition) is 6. The molecule has 0 spiro atoms. The summed E-state index contributed by atoms with van der Waals surface area (Å²) in [5.41, 5.74) is -0.958. The Morgan fingerprint density at radius 3 is 2.22 bits per heavy atom. The van der Waals surface area contributed by atoms with E-state index in [0.717, 1.165) is 29.5 Å². The van der Waals surface area contributed by atoms with Gasteiger partial charge in [-0.15, -0.1) is 11.3 Å². The van der Waals surface area contributed by atoms with E-state index in [0.29, 0.717) is 5.56 Å². The van der Waals surface area contributed by atoms with Crippen molar-refractivity contribution >= 4 is 26.5 Å². The molecule has 7 nitrogen and oxygen atoms in total. The van der Waals surface area contributed by atoms with E-state index in [-0.39, 0.29) is 22.3 Å². The molecule has 0 aliphatic rings. The summed E-state index contributed by atoms with van der Waals surface area (Å²) in [5, 5.41) is 5.42. The van der Waals surface area contributed by atoms with E-state index in [1.54, 1.807) is 38.3 Å². The number of nitrogens with zero attached hydrogens (tertiary/aromatic N) is 3. The largest absolute Gasteiger partial charge is 0.457 e. The van der Waals surface area contributed by atoms with Gasteiger partial charge in [-0.3, -0.25) is 9.40 Å². The van der Waals surface area contributed by atoms with Crippen LogP contribution in [0.3, 0.4) is 0 Å². The summed E-state index contributed by atoms with van der Waals surface area (Å²) in [6.45, 7) is 5.23. The molecule has 0 radical (unpaired) electrons. The Hall–Kier alpha value is -3.45. The monoisotopic (exact) mass is 540 g/mol. The van der Waals surface area contributed by atoms with E-state index < -0.39 is 38.1 Å². The van der Waals surface area contributed by atoms with Gasteiger partial charge in [0, 0.05) is 23.2 Å². The summed E-state index contributed by atoms with van der Waals surface area (Å²) in [4.78, 5) is 3.24. The Morgan fingerprint density at radius 1 is 1.00 bits per heavy atom. The summed E-state index contributed by atoms with van der Waals surface area (Å²) < 4.78 is 88.3. The van der Waals surface area contributed by atoms with Crippen LogP contribution < -0.4 is 9.46 Å². The zero-order chi connectivity index (χ0) is 26.3. The number of nitrogens with one attached hydrogen (secondary N) is 1. The first kappa shape index (κ1) is 25.6. The summed E-state index contributed by atoms with van der Waals surface area (Å²) in [6, 6.07) is 10.4. The summed E-state index contributed by atoms with van der Waals surface area (Å²) in [5.74, 6) is -0.720. The van der Waals surface area contributed by atoms with Crippen LogP contribution in [0.15, 0.2) is 65.0 Å². The van der Waals surface area contributed by atoms with Gasteiger partial charge in [-0.1, -0.05) is 0 Å². The molecule has 1 N–H and O–H groups in total. The van der Waals surface area contributed by atoms with Gasteiger partial charge in [0.2, 0.25) is 0 Å². The number of rotatable bonds is 6.